The van der Waals surface area contributed by atoms with Crippen LogP contribution in [0.15, 0.2) is 59.5 Å². The molecule has 186 valence electrons. The van der Waals surface area contributed by atoms with Crippen molar-refractivity contribution in [2.75, 3.05) is 6.61 Å². The minimum atomic E-state index is -1.11. The molecule has 10 heteroatoms. The molecule has 2 aromatic rings. The summed E-state index contributed by atoms with van der Waals surface area (Å²) in [6.45, 7) is 2.40. The number of thioether (sulfide) groups is 1. The van der Waals surface area contributed by atoms with Gasteiger partial charge in [0.05, 0.1) is 26.1 Å². The molecular weight excluding hydrogens is 474 g/mol. The number of benzene rings is 2. The number of rotatable bonds is 10. The number of carboxylic acids is 1. The van der Waals surface area contributed by atoms with Crippen LogP contribution >= 0.6 is 11.8 Å². The van der Waals surface area contributed by atoms with Crippen LogP contribution < -0.4 is 5.32 Å². The minimum absolute atomic E-state index is 0.0809. The van der Waals surface area contributed by atoms with Crippen LogP contribution in [0.5, 0.6) is 0 Å². The molecule has 2 fully saturated rings. The summed E-state index contributed by atoms with van der Waals surface area (Å²) in [5.41, 5.74) is 1.57. The molecule has 2 saturated heterocycles. The number of esters is 1. The quantitative estimate of drug-likeness (QED) is 0.473. The maximum Gasteiger partial charge on any atom is 0.408 e. The molecule has 0 saturated carbocycles. The van der Waals surface area contributed by atoms with Gasteiger partial charge in [-0.3, -0.25) is 9.59 Å². The van der Waals surface area contributed by atoms with Gasteiger partial charge in [-0.25, -0.2) is 4.79 Å². The lowest BCUT2D eigenvalue weighted by molar-refractivity contribution is -0.194. The van der Waals surface area contributed by atoms with Gasteiger partial charge in [-0.15, -0.1) is 0 Å². The van der Waals surface area contributed by atoms with E-state index in [-0.39, 0.29) is 19.4 Å². The van der Waals surface area contributed by atoms with Gasteiger partial charge in [0.2, 0.25) is 0 Å². The van der Waals surface area contributed by atoms with Crippen molar-refractivity contribution in [3.63, 3.8) is 0 Å². The topological polar surface area (TPSA) is 120 Å². The van der Waals surface area contributed by atoms with E-state index in [2.05, 4.69) is 5.32 Å². The van der Waals surface area contributed by atoms with Crippen LogP contribution in [0.25, 0.3) is 0 Å². The molecule has 35 heavy (non-hydrogen) atoms. The van der Waals surface area contributed by atoms with Crippen molar-refractivity contribution < 1.29 is 38.4 Å². The number of aryl methyl sites for hydroxylation is 1. The Morgan fingerprint density at radius 1 is 1.09 bits per heavy atom. The zero-order valence-corrected chi connectivity index (χ0v) is 19.9. The van der Waals surface area contributed by atoms with Crippen LogP contribution in [0.2, 0.25) is 0 Å². The first kappa shape index (κ1) is 25.0. The van der Waals surface area contributed by atoms with E-state index < -0.39 is 47.8 Å². The Morgan fingerprint density at radius 2 is 1.83 bits per heavy atom. The molecular formula is C25H27NO8S. The molecule has 0 bridgehead atoms. The smallest absolute Gasteiger partial charge is 0.408 e. The van der Waals surface area contributed by atoms with Crippen molar-refractivity contribution in [2.24, 2.45) is 0 Å². The highest BCUT2D eigenvalue weighted by molar-refractivity contribution is 7.99. The number of nitrogens with one attached hydrogen (secondary N) is 1. The molecule has 0 aromatic heterocycles. The molecule has 2 aliphatic heterocycles. The maximum absolute atomic E-state index is 12.4. The highest BCUT2D eigenvalue weighted by Crippen LogP contribution is 2.38. The standard InChI is InChI=1S/C25H27NO8S/c1-15-7-9-17(10-8-15)35-24-21-23(34-25(30)26-21)22(33-20(29)12-11-19(27)28)18(32-24)14-31-13-16-5-3-2-4-6-16/h2-10,18,21-24H,11-14H2,1H3,(H,26,30)(H,27,28)/t18?,21-,22?,23+,24+/m0/s1. The number of hydrogen-bond acceptors (Lipinski definition) is 8. The molecule has 5 atom stereocenters. The minimum Gasteiger partial charge on any atom is -0.481 e. The molecule has 2 N–H and O–H groups in total. The SMILES string of the molecule is Cc1ccc(S[C@H]2OC(COCc3ccccc3)C(OC(=O)CCC(=O)O)[C@@H]3OC(=O)N[C@H]23)cc1. The second kappa shape index (κ2) is 11.6. The summed E-state index contributed by atoms with van der Waals surface area (Å²) in [5, 5.41) is 11.6. The molecule has 0 radical (unpaired) electrons. The molecule has 2 heterocycles. The molecule has 2 aliphatic rings. The Bertz CT molecular complexity index is 1030. The second-order valence-corrected chi connectivity index (χ2v) is 9.53. The van der Waals surface area contributed by atoms with Crippen molar-refractivity contribution in [1.29, 1.82) is 0 Å². The van der Waals surface area contributed by atoms with Crippen molar-refractivity contribution in [3.8, 4) is 0 Å². The van der Waals surface area contributed by atoms with Gasteiger partial charge in [-0.2, -0.15) is 0 Å². The number of amides is 1. The monoisotopic (exact) mass is 501 g/mol. The summed E-state index contributed by atoms with van der Waals surface area (Å²) in [4.78, 5) is 36.4. The molecule has 2 unspecified atom stereocenters. The number of carbonyl (C=O) groups excluding carboxylic acids is 2. The fourth-order valence-electron chi connectivity index (χ4n) is 3.91. The van der Waals surface area contributed by atoms with Gasteiger partial charge in [-0.1, -0.05) is 59.8 Å². The summed E-state index contributed by atoms with van der Waals surface area (Å²) in [6.07, 6.45) is -3.78. The third-order valence-electron chi connectivity index (χ3n) is 5.65. The number of aliphatic carboxylic acids is 1. The van der Waals surface area contributed by atoms with E-state index in [9.17, 15) is 14.4 Å². The van der Waals surface area contributed by atoms with Gasteiger partial charge < -0.3 is 29.4 Å². The van der Waals surface area contributed by atoms with Crippen LogP contribution in [-0.4, -0.2) is 59.5 Å². The molecule has 4 rings (SSSR count). The highest BCUT2D eigenvalue weighted by Gasteiger charge is 2.54. The number of carbonyl (C=O) groups is 3. The van der Waals surface area contributed by atoms with E-state index in [0.717, 1.165) is 16.0 Å². The van der Waals surface area contributed by atoms with Crippen molar-refractivity contribution in [3.05, 3.63) is 65.7 Å². The highest BCUT2D eigenvalue weighted by atomic mass is 32.2. The van der Waals surface area contributed by atoms with E-state index in [4.69, 9.17) is 24.1 Å². The number of hydrogen-bond donors (Lipinski definition) is 2. The Balaban J connectivity index is 1.51. The van der Waals surface area contributed by atoms with E-state index in [1.165, 1.54) is 11.8 Å². The predicted molar refractivity (Wildman–Crippen MR) is 126 cm³/mol. The van der Waals surface area contributed by atoms with Gasteiger partial charge in [-0.05, 0) is 24.6 Å². The molecule has 1 amide bonds. The lowest BCUT2D eigenvalue weighted by Crippen LogP contribution is -2.60. The lowest BCUT2D eigenvalue weighted by atomic mass is 9.98. The molecule has 0 spiro atoms. The van der Waals surface area contributed by atoms with E-state index in [1.54, 1.807) is 0 Å². The first-order chi connectivity index (χ1) is 16.9. The van der Waals surface area contributed by atoms with Gasteiger partial charge in [0.1, 0.15) is 17.6 Å². The van der Waals surface area contributed by atoms with Crippen LogP contribution in [-0.2, 0) is 35.1 Å². The molecule has 0 aliphatic carbocycles. The largest absolute Gasteiger partial charge is 0.481 e. The first-order valence-electron chi connectivity index (χ1n) is 11.3. The summed E-state index contributed by atoms with van der Waals surface area (Å²) < 4.78 is 23.3. The molecule has 2 aromatic carbocycles. The molecule has 9 nitrogen and oxygen atoms in total. The third kappa shape index (κ3) is 6.74. The van der Waals surface area contributed by atoms with Crippen molar-refractivity contribution in [2.45, 2.75) is 61.1 Å². The number of ether oxygens (including phenoxy) is 4. The van der Waals surface area contributed by atoms with Gasteiger partial charge >= 0.3 is 18.0 Å². The fraction of sp³-hybridized carbons (Fsp3) is 0.400. The van der Waals surface area contributed by atoms with E-state index >= 15 is 0 Å². The Labute approximate surface area is 207 Å². The number of carboxylic acid groups (broad SMARTS) is 1. The van der Waals surface area contributed by atoms with E-state index in [0.29, 0.717) is 6.61 Å². The normalized spacial score (nSPS) is 25.3. The Morgan fingerprint density at radius 3 is 2.54 bits per heavy atom. The summed E-state index contributed by atoms with van der Waals surface area (Å²) in [7, 11) is 0. The first-order valence-corrected chi connectivity index (χ1v) is 12.2. The fourth-order valence-corrected chi connectivity index (χ4v) is 5.03. The lowest BCUT2D eigenvalue weighted by Gasteiger charge is -2.41. The van der Waals surface area contributed by atoms with Crippen molar-refractivity contribution >= 4 is 29.8 Å². The van der Waals surface area contributed by atoms with Crippen LogP contribution in [0.4, 0.5) is 4.79 Å². The average Bonchev–Trinajstić information content (AvgIpc) is 3.24. The predicted octanol–water partition coefficient (Wildman–Crippen LogP) is 3.28. The van der Waals surface area contributed by atoms with Gasteiger partial charge in [0, 0.05) is 4.90 Å². The Kier molecular flexibility index (Phi) is 8.27. The summed E-state index contributed by atoms with van der Waals surface area (Å²) in [6, 6.07) is 16.9. The van der Waals surface area contributed by atoms with Gasteiger partial charge in [0.15, 0.2) is 12.2 Å². The maximum atomic E-state index is 12.4. The third-order valence-corrected chi connectivity index (χ3v) is 6.83. The Hall–Kier alpha value is -3.08. The van der Waals surface area contributed by atoms with Crippen molar-refractivity contribution in [1.82, 2.24) is 5.32 Å². The average molecular weight is 502 g/mol. The number of alkyl carbamates (subject to hydrolysis) is 1. The summed E-state index contributed by atoms with van der Waals surface area (Å²) >= 11 is 1.43. The second-order valence-electron chi connectivity index (χ2n) is 8.36. The van der Waals surface area contributed by atoms with E-state index in [1.807, 2.05) is 61.5 Å². The van der Waals surface area contributed by atoms with Crippen LogP contribution in [0, 0.1) is 6.92 Å². The summed E-state index contributed by atoms with van der Waals surface area (Å²) in [5.74, 6) is -1.81. The van der Waals surface area contributed by atoms with Crippen LogP contribution in [0.1, 0.15) is 24.0 Å². The van der Waals surface area contributed by atoms with Gasteiger partial charge in [0.25, 0.3) is 0 Å². The zero-order valence-electron chi connectivity index (χ0n) is 19.1. The van der Waals surface area contributed by atoms with Crippen LogP contribution in [0.3, 0.4) is 0 Å². The number of fused-ring (bicyclic) bond motifs is 1. The zero-order chi connectivity index (χ0) is 24.8.